The molecular weight excluding hydrogens is 425 g/mol. The van der Waals surface area contributed by atoms with E-state index < -0.39 is 34.7 Å². The molecule has 1 atom stereocenters. The highest BCUT2D eigenvalue weighted by molar-refractivity contribution is 6.50. The number of fused-ring (bicyclic) bond motifs is 2. The highest BCUT2D eigenvalue weighted by atomic mass is 19.1. The molecule has 2 aromatic carbocycles. The Hall–Kier alpha value is -3.78. The molecule has 0 saturated carbocycles. The van der Waals surface area contributed by atoms with Crippen LogP contribution in [0.5, 0.6) is 0 Å². The van der Waals surface area contributed by atoms with E-state index in [4.69, 9.17) is 0 Å². The Kier molecular flexibility index (Phi) is 5.63. The van der Waals surface area contributed by atoms with Gasteiger partial charge in [-0.3, -0.25) is 14.4 Å². The number of hydrogen-bond donors (Lipinski definition) is 1. The maximum Gasteiger partial charge on any atom is 0.296 e. The van der Waals surface area contributed by atoms with Crippen molar-refractivity contribution >= 4 is 29.0 Å². The highest BCUT2D eigenvalue weighted by Crippen LogP contribution is 2.53. The number of para-hydroxylation sites is 1. The van der Waals surface area contributed by atoms with Crippen LogP contribution in [0.3, 0.4) is 0 Å². The number of hydrogen-bond acceptors (Lipinski definition) is 5. The average Bonchev–Trinajstić information content (AvgIpc) is 3.16. The maximum atomic E-state index is 14.0. The van der Waals surface area contributed by atoms with Gasteiger partial charge in [0.25, 0.3) is 17.6 Å². The number of anilines is 1. The largest absolute Gasteiger partial charge is 0.507 e. The quantitative estimate of drug-likeness (QED) is 0.317. The number of aliphatic hydroxyl groups excluding tert-OH is 1. The lowest BCUT2D eigenvalue weighted by molar-refractivity contribution is -0.143. The lowest BCUT2D eigenvalue weighted by Crippen LogP contribution is -2.53. The first-order chi connectivity index (χ1) is 15.7. The first kappa shape index (κ1) is 22.4. The van der Waals surface area contributed by atoms with Crippen LogP contribution in [0.1, 0.15) is 11.1 Å². The SMILES string of the molecule is C=CCN1C(=O)C2(/C(=C(/O)c3ccc(F)cc3)C(=O)C(=O)N2CCN(C)C)c2ccccc21. The van der Waals surface area contributed by atoms with Gasteiger partial charge < -0.3 is 19.8 Å². The van der Waals surface area contributed by atoms with Crippen LogP contribution < -0.4 is 4.90 Å². The monoisotopic (exact) mass is 449 g/mol. The van der Waals surface area contributed by atoms with E-state index in [0.717, 1.165) is 12.1 Å². The number of amides is 2. The second-order valence-corrected chi connectivity index (χ2v) is 8.25. The summed E-state index contributed by atoms with van der Waals surface area (Å²) in [6.45, 7) is 4.35. The third-order valence-electron chi connectivity index (χ3n) is 6.01. The molecule has 170 valence electrons. The molecular formula is C25H24FN3O4. The molecule has 1 saturated heterocycles. The molecule has 1 unspecified atom stereocenters. The zero-order valence-corrected chi connectivity index (χ0v) is 18.4. The van der Waals surface area contributed by atoms with Crippen LogP contribution in [-0.4, -0.2) is 66.2 Å². The Morgan fingerprint density at radius 3 is 2.42 bits per heavy atom. The lowest BCUT2D eigenvalue weighted by atomic mass is 9.82. The molecule has 2 heterocycles. The van der Waals surface area contributed by atoms with E-state index >= 15 is 0 Å². The predicted octanol–water partition coefficient (Wildman–Crippen LogP) is 2.50. The Morgan fingerprint density at radius 1 is 1.12 bits per heavy atom. The molecule has 7 nitrogen and oxygen atoms in total. The van der Waals surface area contributed by atoms with Gasteiger partial charge in [-0.2, -0.15) is 0 Å². The predicted molar refractivity (Wildman–Crippen MR) is 122 cm³/mol. The molecule has 2 aromatic rings. The molecule has 2 aliphatic heterocycles. The van der Waals surface area contributed by atoms with Gasteiger partial charge in [0.2, 0.25) is 0 Å². The zero-order chi connectivity index (χ0) is 23.9. The van der Waals surface area contributed by atoms with Crippen molar-refractivity contribution in [3.8, 4) is 0 Å². The van der Waals surface area contributed by atoms with Gasteiger partial charge in [0.15, 0.2) is 5.54 Å². The summed E-state index contributed by atoms with van der Waals surface area (Å²) in [5, 5.41) is 11.2. The summed E-state index contributed by atoms with van der Waals surface area (Å²) in [6.07, 6.45) is 1.56. The number of likely N-dealkylation sites (tertiary alicyclic amines) is 1. The van der Waals surface area contributed by atoms with Gasteiger partial charge in [-0.1, -0.05) is 24.3 Å². The Bertz CT molecular complexity index is 1190. The summed E-state index contributed by atoms with van der Waals surface area (Å²) >= 11 is 0. The molecule has 0 aliphatic carbocycles. The van der Waals surface area contributed by atoms with E-state index in [0.29, 0.717) is 17.8 Å². The minimum absolute atomic E-state index is 0.0831. The molecule has 2 aliphatic rings. The second kappa shape index (κ2) is 8.29. The Labute approximate surface area is 191 Å². The molecule has 8 heteroatoms. The standard InChI is InChI=1S/C25H24FN3O4/c1-4-13-28-19-8-6-5-7-18(19)25(24(28)33)20(21(30)16-9-11-17(26)12-10-16)22(31)23(32)29(25)15-14-27(2)3/h4-12,30H,1,13-15H2,2-3H3/b21-20+. The van der Waals surface area contributed by atoms with Crippen molar-refractivity contribution in [2.45, 2.75) is 5.54 Å². The highest BCUT2D eigenvalue weighted by Gasteiger charge is 2.66. The topological polar surface area (TPSA) is 81.2 Å². The molecule has 0 aromatic heterocycles. The van der Waals surface area contributed by atoms with Crippen molar-refractivity contribution < 1.29 is 23.9 Å². The van der Waals surface area contributed by atoms with Crippen LogP contribution in [0, 0.1) is 5.82 Å². The van der Waals surface area contributed by atoms with Gasteiger partial charge in [0.05, 0.1) is 11.3 Å². The molecule has 0 bridgehead atoms. The van der Waals surface area contributed by atoms with Gasteiger partial charge in [-0.05, 0) is 44.4 Å². The summed E-state index contributed by atoms with van der Waals surface area (Å²) in [5.41, 5.74) is -1.05. The van der Waals surface area contributed by atoms with Crippen LogP contribution in [0.4, 0.5) is 10.1 Å². The van der Waals surface area contributed by atoms with Gasteiger partial charge in [-0.25, -0.2) is 4.39 Å². The van der Waals surface area contributed by atoms with Crippen molar-refractivity contribution in [1.29, 1.82) is 0 Å². The maximum absolute atomic E-state index is 14.0. The number of ketones is 1. The van der Waals surface area contributed by atoms with Gasteiger partial charge in [0.1, 0.15) is 11.6 Å². The smallest absolute Gasteiger partial charge is 0.296 e. The minimum Gasteiger partial charge on any atom is -0.507 e. The van der Waals surface area contributed by atoms with E-state index in [1.165, 1.54) is 21.9 Å². The normalized spacial score (nSPS) is 21.4. The molecule has 33 heavy (non-hydrogen) atoms. The third kappa shape index (κ3) is 3.25. The summed E-state index contributed by atoms with van der Waals surface area (Å²) in [5.74, 6) is -3.40. The number of nitrogens with zero attached hydrogens (tertiary/aromatic N) is 3. The number of halogens is 1. The van der Waals surface area contributed by atoms with Crippen LogP contribution in [0.2, 0.25) is 0 Å². The molecule has 0 radical (unpaired) electrons. The molecule has 2 amide bonds. The van der Waals surface area contributed by atoms with Crippen molar-refractivity contribution in [3.05, 3.63) is 83.7 Å². The number of carbonyl (C=O) groups excluding carboxylic acids is 3. The van der Waals surface area contributed by atoms with Crippen molar-refractivity contribution in [2.75, 3.05) is 38.6 Å². The van der Waals surface area contributed by atoms with Crippen molar-refractivity contribution in [3.63, 3.8) is 0 Å². The van der Waals surface area contributed by atoms with Gasteiger partial charge in [-0.15, -0.1) is 6.58 Å². The molecule has 1 spiro atoms. The van der Waals surface area contributed by atoms with E-state index in [-0.39, 0.29) is 24.2 Å². The Balaban J connectivity index is 2.05. The molecule has 4 rings (SSSR count). The lowest BCUT2D eigenvalue weighted by Gasteiger charge is -2.35. The van der Waals surface area contributed by atoms with Crippen molar-refractivity contribution in [2.24, 2.45) is 0 Å². The van der Waals surface area contributed by atoms with Gasteiger partial charge >= 0.3 is 0 Å². The van der Waals surface area contributed by atoms with Crippen LogP contribution >= 0.6 is 0 Å². The van der Waals surface area contributed by atoms with Crippen LogP contribution in [-0.2, 0) is 19.9 Å². The first-order valence-corrected chi connectivity index (χ1v) is 10.5. The average molecular weight is 449 g/mol. The molecule has 1 N–H and O–H groups in total. The van der Waals surface area contributed by atoms with Crippen LogP contribution in [0.15, 0.2) is 66.8 Å². The van der Waals surface area contributed by atoms with E-state index in [9.17, 15) is 23.9 Å². The number of benzene rings is 2. The summed E-state index contributed by atoms with van der Waals surface area (Å²) in [4.78, 5) is 45.2. The van der Waals surface area contributed by atoms with E-state index in [1.807, 2.05) is 19.0 Å². The fourth-order valence-corrected chi connectivity index (χ4v) is 4.53. The zero-order valence-electron chi connectivity index (χ0n) is 18.4. The van der Waals surface area contributed by atoms with Crippen LogP contribution in [0.25, 0.3) is 5.76 Å². The number of likely N-dealkylation sites (N-methyl/N-ethyl adjacent to an activating group) is 1. The van der Waals surface area contributed by atoms with E-state index in [2.05, 4.69) is 6.58 Å². The fraction of sp³-hybridized carbons (Fsp3) is 0.240. The number of rotatable bonds is 6. The fourth-order valence-electron chi connectivity index (χ4n) is 4.53. The minimum atomic E-state index is -1.83. The third-order valence-corrected chi connectivity index (χ3v) is 6.01. The molecule has 1 fully saturated rings. The summed E-state index contributed by atoms with van der Waals surface area (Å²) in [6, 6.07) is 11.8. The number of Topliss-reactive ketones (excluding diaryl/α,β-unsaturated/α-hetero) is 1. The second-order valence-electron chi connectivity index (χ2n) is 8.25. The van der Waals surface area contributed by atoms with Gasteiger partial charge in [0, 0.05) is 30.8 Å². The van der Waals surface area contributed by atoms with Crippen molar-refractivity contribution in [1.82, 2.24) is 9.80 Å². The van der Waals surface area contributed by atoms with E-state index in [1.54, 1.807) is 30.3 Å². The first-order valence-electron chi connectivity index (χ1n) is 10.5. The Morgan fingerprint density at radius 2 is 1.79 bits per heavy atom. The summed E-state index contributed by atoms with van der Waals surface area (Å²) < 4.78 is 13.5. The number of aliphatic hydroxyl groups is 1. The summed E-state index contributed by atoms with van der Waals surface area (Å²) in [7, 11) is 3.63. The number of carbonyl (C=O) groups is 3.